The Labute approximate surface area is 106 Å². The smallest absolute Gasteiger partial charge is 0.361 e. The molecule has 0 aliphatic carbocycles. The van der Waals surface area contributed by atoms with E-state index in [0.717, 1.165) is 5.39 Å². The van der Waals surface area contributed by atoms with Crippen LogP contribution in [0, 0.1) is 0 Å². The van der Waals surface area contributed by atoms with Crippen LogP contribution in [0.1, 0.15) is 0 Å². The van der Waals surface area contributed by atoms with Gasteiger partial charge in [-0.25, -0.2) is 4.18 Å². The highest BCUT2D eigenvalue weighted by Crippen LogP contribution is 2.26. The van der Waals surface area contributed by atoms with Gasteiger partial charge in [0.25, 0.3) is 0 Å². The topological polar surface area (TPSA) is 52.6 Å². The molecule has 0 radical (unpaired) electrons. The second kappa shape index (κ2) is 5.20. The molecule has 94 valence electrons. The lowest BCUT2D eigenvalue weighted by Crippen LogP contribution is -2.13. The van der Waals surface area contributed by atoms with E-state index in [1.165, 1.54) is 6.08 Å². The van der Waals surface area contributed by atoms with Gasteiger partial charge in [0.15, 0.2) is 5.75 Å². The van der Waals surface area contributed by atoms with E-state index in [0.29, 0.717) is 5.39 Å². The summed E-state index contributed by atoms with van der Waals surface area (Å²) < 4.78 is 32.5. The van der Waals surface area contributed by atoms with Crippen molar-refractivity contribution in [2.24, 2.45) is 0 Å². The van der Waals surface area contributed by atoms with E-state index in [9.17, 15) is 8.42 Å². The molecule has 18 heavy (non-hydrogen) atoms. The highest BCUT2D eigenvalue weighted by atomic mass is 32.3. The summed E-state index contributed by atoms with van der Waals surface area (Å²) in [6.07, 6.45) is 1.34. The first-order valence-electron chi connectivity index (χ1n) is 5.30. The van der Waals surface area contributed by atoms with E-state index < -0.39 is 10.4 Å². The molecule has 0 saturated carbocycles. The number of hydrogen-bond acceptors (Lipinski definition) is 4. The summed E-state index contributed by atoms with van der Waals surface area (Å²) in [5.74, 6) is 0.247. The van der Waals surface area contributed by atoms with Gasteiger partial charge >= 0.3 is 10.4 Å². The molecule has 0 amide bonds. The molecule has 0 unspecified atom stereocenters. The highest BCUT2D eigenvalue weighted by Gasteiger charge is 2.14. The lowest BCUT2D eigenvalue weighted by molar-refractivity contribution is 0.302. The molecule has 0 heterocycles. The summed E-state index contributed by atoms with van der Waals surface area (Å²) >= 11 is 0. The molecule has 2 aromatic rings. The standard InChI is InChI=1S/C13H12O4S/c1-2-10-16-18(14,15)17-13-9-5-7-11-6-3-4-8-12(11)13/h2-9H,1,10H2. The van der Waals surface area contributed by atoms with Crippen molar-refractivity contribution >= 4 is 21.2 Å². The summed E-state index contributed by atoms with van der Waals surface area (Å²) in [4.78, 5) is 0. The zero-order valence-electron chi connectivity index (χ0n) is 9.57. The molecule has 0 aromatic heterocycles. The SMILES string of the molecule is C=CCOS(=O)(=O)Oc1cccc2ccccc12. The van der Waals surface area contributed by atoms with Gasteiger partial charge < -0.3 is 4.18 Å². The Hall–Kier alpha value is -1.85. The predicted octanol–water partition coefficient (Wildman–Crippen LogP) is 2.67. The van der Waals surface area contributed by atoms with Crippen molar-refractivity contribution in [3.63, 3.8) is 0 Å². The molecule has 0 saturated heterocycles. The van der Waals surface area contributed by atoms with Crippen LogP contribution in [-0.2, 0) is 14.6 Å². The summed E-state index contributed by atoms with van der Waals surface area (Å²) in [5.41, 5.74) is 0. The molecule has 0 aliphatic heterocycles. The van der Waals surface area contributed by atoms with Crippen LogP contribution in [0.25, 0.3) is 10.8 Å². The molecule has 2 rings (SSSR count). The van der Waals surface area contributed by atoms with Gasteiger partial charge in [-0.1, -0.05) is 42.5 Å². The molecular weight excluding hydrogens is 252 g/mol. The van der Waals surface area contributed by atoms with Gasteiger partial charge in [0.05, 0.1) is 6.61 Å². The Morgan fingerprint density at radius 2 is 1.83 bits per heavy atom. The zero-order valence-corrected chi connectivity index (χ0v) is 10.4. The minimum absolute atomic E-state index is 0.118. The third kappa shape index (κ3) is 2.88. The monoisotopic (exact) mass is 264 g/mol. The molecule has 5 heteroatoms. The van der Waals surface area contributed by atoms with Crippen LogP contribution < -0.4 is 4.18 Å². The quantitative estimate of drug-likeness (QED) is 0.779. The maximum absolute atomic E-state index is 11.5. The van der Waals surface area contributed by atoms with Crippen LogP contribution in [0.3, 0.4) is 0 Å². The molecule has 0 aliphatic rings. The van der Waals surface area contributed by atoms with Crippen molar-refractivity contribution in [2.75, 3.05) is 6.61 Å². The predicted molar refractivity (Wildman–Crippen MR) is 69.6 cm³/mol. The third-order valence-electron chi connectivity index (χ3n) is 2.27. The Bertz CT molecular complexity index is 656. The van der Waals surface area contributed by atoms with Crippen LogP contribution in [-0.4, -0.2) is 15.0 Å². The second-order valence-corrected chi connectivity index (χ2v) is 4.76. The molecule has 2 aromatic carbocycles. The van der Waals surface area contributed by atoms with Crippen LogP contribution in [0.2, 0.25) is 0 Å². The van der Waals surface area contributed by atoms with E-state index in [1.807, 2.05) is 24.3 Å². The molecule has 0 N–H and O–H groups in total. The van der Waals surface area contributed by atoms with E-state index >= 15 is 0 Å². The van der Waals surface area contributed by atoms with Crippen molar-refractivity contribution in [1.29, 1.82) is 0 Å². The van der Waals surface area contributed by atoms with Gasteiger partial charge in [0.1, 0.15) is 0 Å². The van der Waals surface area contributed by atoms with Crippen molar-refractivity contribution < 1.29 is 16.8 Å². The number of fused-ring (bicyclic) bond motifs is 1. The summed E-state index contributed by atoms with van der Waals surface area (Å²) in [6, 6.07) is 12.5. The molecule has 0 fully saturated rings. The molecule has 4 nitrogen and oxygen atoms in total. The fourth-order valence-electron chi connectivity index (χ4n) is 1.53. The average Bonchev–Trinajstić information content (AvgIpc) is 2.37. The van der Waals surface area contributed by atoms with Gasteiger partial charge in [-0.2, -0.15) is 8.42 Å². The van der Waals surface area contributed by atoms with Gasteiger partial charge in [-0.3, -0.25) is 0 Å². The first kappa shape index (κ1) is 12.6. The molecule has 0 spiro atoms. The fraction of sp³-hybridized carbons (Fsp3) is 0.0769. The average molecular weight is 264 g/mol. The molecular formula is C13H12O4S. The van der Waals surface area contributed by atoms with Gasteiger partial charge in [-0.05, 0) is 11.5 Å². The Kier molecular flexibility index (Phi) is 3.64. The fourth-order valence-corrected chi connectivity index (χ4v) is 2.21. The molecule has 0 bridgehead atoms. The van der Waals surface area contributed by atoms with Crippen LogP contribution in [0.15, 0.2) is 55.1 Å². The Morgan fingerprint density at radius 1 is 1.11 bits per heavy atom. The minimum atomic E-state index is -4.06. The van der Waals surface area contributed by atoms with Gasteiger partial charge in [0, 0.05) is 5.39 Å². The number of benzene rings is 2. The van der Waals surface area contributed by atoms with Crippen LogP contribution in [0.4, 0.5) is 0 Å². The lowest BCUT2D eigenvalue weighted by Gasteiger charge is -2.08. The largest absolute Gasteiger partial charge is 0.449 e. The van der Waals surface area contributed by atoms with E-state index in [4.69, 9.17) is 4.18 Å². The zero-order chi connectivity index (χ0) is 13.0. The van der Waals surface area contributed by atoms with Crippen molar-refractivity contribution in [2.45, 2.75) is 0 Å². The van der Waals surface area contributed by atoms with E-state index in [1.54, 1.807) is 18.2 Å². The number of rotatable bonds is 5. The van der Waals surface area contributed by atoms with E-state index in [2.05, 4.69) is 10.8 Å². The van der Waals surface area contributed by atoms with Crippen molar-refractivity contribution in [3.05, 3.63) is 55.1 Å². The maximum atomic E-state index is 11.5. The summed E-state index contributed by atoms with van der Waals surface area (Å²) in [5, 5.41) is 1.61. The van der Waals surface area contributed by atoms with E-state index in [-0.39, 0.29) is 12.4 Å². The normalized spacial score (nSPS) is 11.3. The van der Waals surface area contributed by atoms with Crippen molar-refractivity contribution in [3.8, 4) is 5.75 Å². The summed E-state index contributed by atoms with van der Waals surface area (Å²) in [6.45, 7) is 3.26. The van der Waals surface area contributed by atoms with Gasteiger partial charge in [-0.15, -0.1) is 6.58 Å². The first-order chi connectivity index (χ1) is 8.62. The van der Waals surface area contributed by atoms with Gasteiger partial charge in [0.2, 0.25) is 0 Å². The lowest BCUT2D eigenvalue weighted by atomic mass is 10.1. The first-order valence-corrected chi connectivity index (χ1v) is 6.63. The second-order valence-electron chi connectivity index (χ2n) is 3.54. The van der Waals surface area contributed by atoms with Crippen LogP contribution >= 0.6 is 0 Å². The number of hydrogen-bond donors (Lipinski definition) is 0. The van der Waals surface area contributed by atoms with Crippen LogP contribution in [0.5, 0.6) is 5.75 Å². The van der Waals surface area contributed by atoms with Crippen molar-refractivity contribution in [1.82, 2.24) is 0 Å². The Balaban J connectivity index is 2.35. The Morgan fingerprint density at radius 3 is 2.61 bits per heavy atom. The minimum Gasteiger partial charge on any atom is -0.361 e. The highest BCUT2D eigenvalue weighted by molar-refractivity contribution is 7.82. The maximum Gasteiger partial charge on any atom is 0.449 e. The summed E-state index contributed by atoms with van der Waals surface area (Å²) in [7, 11) is -4.06. The molecule has 0 atom stereocenters. The third-order valence-corrected chi connectivity index (χ3v) is 3.08.